The fourth-order valence-corrected chi connectivity index (χ4v) is 1.79. The van der Waals surface area contributed by atoms with Gasteiger partial charge >= 0.3 is 0 Å². The molecule has 0 fully saturated rings. The summed E-state index contributed by atoms with van der Waals surface area (Å²) in [5.41, 5.74) is 1.07. The van der Waals surface area contributed by atoms with Gasteiger partial charge in [-0.15, -0.1) is 0 Å². The van der Waals surface area contributed by atoms with Crippen LogP contribution in [0.15, 0.2) is 30.3 Å². The lowest BCUT2D eigenvalue weighted by atomic mass is 10.1. The fourth-order valence-electron chi connectivity index (χ4n) is 1.79. The monoisotopic (exact) mass is 215 g/mol. The molecule has 0 radical (unpaired) electrons. The van der Waals surface area contributed by atoms with Crippen LogP contribution in [-0.2, 0) is 6.54 Å². The van der Waals surface area contributed by atoms with Gasteiger partial charge in [-0.1, -0.05) is 31.2 Å². The van der Waals surface area contributed by atoms with Crippen LogP contribution in [0.25, 0.3) is 10.8 Å². The van der Waals surface area contributed by atoms with E-state index in [1.54, 1.807) is 0 Å². The quantitative estimate of drug-likeness (QED) is 0.822. The van der Waals surface area contributed by atoms with Crippen molar-refractivity contribution in [3.05, 3.63) is 36.0 Å². The third-order valence-corrected chi connectivity index (χ3v) is 2.59. The Kier molecular flexibility index (Phi) is 3.37. The van der Waals surface area contributed by atoms with E-state index in [9.17, 15) is 0 Å². The van der Waals surface area contributed by atoms with E-state index in [0.717, 1.165) is 24.6 Å². The summed E-state index contributed by atoms with van der Waals surface area (Å²) in [4.78, 5) is 4.58. The van der Waals surface area contributed by atoms with E-state index in [2.05, 4.69) is 46.8 Å². The summed E-state index contributed by atoms with van der Waals surface area (Å²) < 4.78 is 0. The molecule has 0 amide bonds. The van der Waals surface area contributed by atoms with Crippen molar-refractivity contribution in [2.75, 3.05) is 18.9 Å². The van der Waals surface area contributed by atoms with E-state index in [1.165, 1.54) is 10.8 Å². The molecule has 2 rings (SSSR count). The van der Waals surface area contributed by atoms with E-state index < -0.39 is 0 Å². The number of nitrogens with one attached hydrogen (secondary N) is 2. The normalized spacial score (nSPS) is 10.6. The lowest BCUT2D eigenvalue weighted by molar-refractivity contribution is 0.712. The second kappa shape index (κ2) is 4.94. The minimum absolute atomic E-state index is 0.815. The lowest BCUT2D eigenvalue weighted by Crippen LogP contribution is -2.13. The average Bonchev–Trinajstić information content (AvgIpc) is 2.35. The number of anilines is 1. The zero-order valence-electron chi connectivity index (χ0n) is 9.75. The van der Waals surface area contributed by atoms with Crippen molar-refractivity contribution in [1.82, 2.24) is 10.3 Å². The van der Waals surface area contributed by atoms with E-state index in [1.807, 2.05) is 13.1 Å². The molecule has 0 atom stereocenters. The summed E-state index contributed by atoms with van der Waals surface area (Å²) in [5.74, 6) is 0.950. The third kappa shape index (κ3) is 2.14. The number of pyridine rings is 1. The van der Waals surface area contributed by atoms with Crippen LogP contribution in [0.2, 0.25) is 0 Å². The van der Waals surface area contributed by atoms with Gasteiger partial charge in [-0.3, -0.25) is 0 Å². The minimum atomic E-state index is 0.815. The first-order valence-corrected chi connectivity index (χ1v) is 5.62. The molecule has 0 aliphatic rings. The van der Waals surface area contributed by atoms with Crippen molar-refractivity contribution < 1.29 is 0 Å². The summed E-state index contributed by atoms with van der Waals surface area (Å²) in [5, 5.41) is 8.84. The Hall–Kier alpha value is -1.61. The molecule has 0 saturated heterocycles. The highest BCUT2D eigenvalue weighted by molar-refractivity contribution is 5.92. The summed E-state index contributed by atoms with van der Waals surface area (Å²) in [6.07, 6.45) is 0. The van der Waals surface area contributed by atoms with E-state index in [-0.39, 0.29) is 0 Å². The average molecular weight is 215 g/mol. The van der Waals surface area contributed by atoms with Gasteiger partial charge in [0.2, 0.25) is 0 Å². The van der Waals surface area contributed by atoms with Gasteiger partial charge in [0.15, 0.2) is 0 Å². The van der Waals surface area contributed by atoms with Crippen molar-refractivity contribution in [1.29, 1.82) is 0 Å². The van der Waals surface area contributed by atoms with Gasteiger partial charge in [-0.25, -0.2) is 4.98 Å². The van der Waals surface area contributed by atoms with Crippen molar-refractivity contribution in [2.45, 2.75) is 13.5 Å². The predicted molar refractivity (Wildman–Crippen MR) is 68.7 cm³/mol. The maximum Gasteiger partial charge on any atom is 0.133 e. The molecule has 0 unspecified atom stereocenters. The predicted octanol–water partition coefficient (Wildman–Crippen LogP) is 2.39. The van der Waals surface area contributed by atoms with Crippen LogP contribution in [0.3, 0.4) is 0 Å². The maximum absolute atomic E-state index is 4.58. The number of hydrogen-bond donors (Lipinski definition) is 2. The summed E-state index contributed by atoms with van der Waals surface area (Å²) in [7, 11) is 1.91. The molecule has 1 aromatic carbocycles. The van der Waals surface area contributed by atoms with Gasteiger partial charge < -0.3 is 10.6 Å². The molecular formula is C13H17N3. The standard InChI is InChI=1S/C13H17N3/c1-3-15-9-11-8-10-6-4-5-7-12(10)13(14-2)16-11/h4-8,15H,3,9H2,1-2H3,(H,14,16). The van der Waals surface area contributed by atoms with Crippen molar-refractivity contribution in [3.63, 3.8) is 0 Å². The van der Waals surface area contributed by atoms with Gasteiger partial charge in [0.1, 0.15) is 5.82 Å². The Bertz CT molecular complexity index is 480. The molecule has 3 heteroatoms. The Balaban J connectivity index is 2.46. The molecule has 0 spiro atoms. The number of benzene rings is 1. The van der Waals surface area contributed by atoms with Crippen LogP contribution < -0.4 is 10.6 Å². The molecule has 84 valence electrons. The van der Waals surface area contributed by atoms with E-state index in [0.29, 0.717) is 0 Å². The molecule has 0 aliphatic heterocycles. The van der Waals surface area contributed by atoms with Crippen LogP contribution >= 0.6 is 0 Å². The molecule has 0 aliphatic carbocycles. The van der Waals surface area contributed by atoms with Crippen molar-refractivity contribution in [3.8, 4) is 0 Å². The smallest absolute Gasteiger partial charge is 0.133 e. The van der Waals surface area contributed by atoms with Gasteiger partial charge in [0, 0.05) is 19.0 Å². The zero-order valence-corrected chi connectivity index (χ0v) is 9.75. The molecule has 0 bridgehead atoms. The number of aromatic nitrogens is 1. The largest absolute Gasteiger partial charge is 0.373 e. The lowest BCUT2D eigenvalue weighted by Gasteiger charge is -2.08. The van der Waals surface area contributed by atoms with Gasteiger partial charge in [-0.2, -0.15) is 0 Å². The van der Waals surface area contributed by atoms with Gasteiger partial charge in [-0.05, 0) is 18.0 Å². The molecular weight excluding hydrogens is 198 g/mol. The van der Waals surface area contributed by atoms with E-state index >= 15 is 0 Å². The molecule has 2 aromatic rings. The highest BCUT2D eigenvalue weighted by atomic mass is 15.0. The Labute approximate surface area is 95.9 Å². The topological polar surface area (TPSA) is 37.0 Å². The summed E-state index contributed by atoms with van der Waals surface area (Å²) >= 11 is 0. The summed E-state index contributed by atoms with van der Waals surface area (Å²) in [6.45, 7) is 3.87. The number of rotatable bonds is 4. The first-order valence-electron chi connectivity index (χ1n) is 5.62. The number of nitrogens with zero attached hydrogens (tertiary/aromatic N) is 1. The molecule has 0 saturated carbocycles. The fraction of sp³-hybridized carbons (Fsp3) is 0.308. The van der Waals surface area contributed by atoms with Crippen molar-refractivity contribution >= 4 is 16.6 Å². The molecule has 2 N–H and O–H groups in total. The van der Waals surface area contributed by atoms with Gasteiger partial charge in [0.25, 0.3) is 0 Å². The first-order chi connectivity index (χ1) is 7.85. The third-order valence-electron chi connectivity index (χ3n) is 2.59. The molecule has 1 aromatic heterocycles. The van der Waals surface area contributed by atoms with Crippen LogP contribution in [0, 0.1) is 0 Å². The number of hydrogen-bond acceptors (Lipinski definition) is 3. The van der Waals surface area contributed by atoms with Crippen LogP contribution in [0.5, 0.6) is 0 Å². The Morgan fingerprint density at radius 3 is 2.81 bits per heavy atom. The molecule has 3 nitrogen and oxygen atoms in total. The molecule has 1 heterocycles. The Morgan fingerprint density at radius 1 is 1.25 bits per heavy atom. The minimum Gasteiger partial charge on any atom is -0.373 e. The van der Waals surface area contributed by atoms with Crippen LogP contribution in [-0.4, -0.2) is 18.6 Å². The highest BCUT2D eigenvalue weighted by Gasteiger charge is 2.03. The second-order valence-electron chi connectivity index (χ2n) is 3.71. The molecule has 16 heavy (non-hydrogen) atoms. The highest BCUT2D eigenvalue weighted by Crippen LogP contribution is 2.21. The van der Waals surface area contributed by atoms with E-state index in [4.69, 9.17) is 0 Å². The Morgan fingerprint density at radius 2 is 2.06 bits per heavy atom. The van der Waals surface area contributed by atoms with Crippen LogP contribution in [0.4, 0.5) is 5.82 Å². The van der Waals surface area contributed by atoms with Crippen LogP contribution in [0.1, 0.15) is 12.6 Å². The second-order valence-corrected chi connectivity index (χ2v) is 3.71. The maximum atomic E-state index is 4.58. The summed E-state index contributed by atoms with van der Waals surface area (Å²) in [6, 6.07) is 10.4. The van der Waals surface area contributed by atoms with Crippen molar-refractivity contribution in [2.24, 2.45) is 0 Å². The first kappa shape index (κ1) is 10.9. The zero-order chi connectivity index (χ0) is 11.4. The number of fused-ring (bicyclic) bond motifs is 1. The van der Waals surface area contributed by atoms with Gasteiger partial charge in [0.05, 0.1) is 5.69 Å². The SMILES string of the molecule is CCNCc1cc2ccccc2c(NC)n1.